The Labute approximate surface area is 155 Å². The van der Waals surface area contributed by atoms with Crippen molar-refractivity contribution in [2.75, 3.05) is 13.6 Å². The Kier molecular flexibility index (Phi) is 5.78. The molecule has 0 spiro atoms. The van der Waals surface area contributed by atoms with E-state index in [0.717, 1.165) is 37.9 Å². The van der Waals surface area contributed by atoms with Gasteiger partial charge in [0.05, 0.1) is 5.60 Å². The molecule has 0 saturated heterocycles. The predicted octanol–water partition coefficient (Wildman–Crippen LogP) is 4.49. The summed E-state index contributed by atoms with van der Waals surface area (Å²) in [7, 11) is 2.13. The molecular weight excluding hydrogens is 332 g/mol. The van der Waals surface area contributed by atoms with Crippen LogP contribution in [-0.2, 0) is 12.1 Å². The summed E-state index contributed by atoms with van der Waals surface area (Å²) in [5, 5.41) is 12.1. The van der Waals surface area contributed by atoms with Gasteiger partial charge in [0.15, 0.2) is 0 Å². The predicted molar refractivity (Wildman–Crippen MR) is 102 cm³/mol. The largest absolute Gasteiger partial charge is 0.385 e. The van der Waals surface area contributed by atoms with Crippen LogP contribution in [0.15, 0.2) is 48.7 Å². The molecule has 3 atom stereocenters. The molecule has 1 aromatic carbocycles. The van der Waals surface area contributed by atoms with Crippen LogP contribution in [0.2, 0.25) is 5.15 Å². The zero-order chi connectivity index (χ0) is 17.9. The number of hydrogen-bond acceptors (Lipinski definition) is 3. The molecule has 1 N–H and O–H groups in total. The molecule has 3 rings (SSSR count). The van der Waals surface area contributed by atoms with Crippen LogP contribution in [0.4, 0.5) is 0 Å². The van der Waals surface area contributed by atoms with Gasteiger partial charge in [0, 0.05) is 25.2 Å². The van der Waals surface area contributed by atoms with Crippen molar-refractivity contribution >= 4 is 11.6 Å². The SMILES string of the molecule is CC1CCCC(CN(C)Cc2ccccc2)C1(O)c1ccnc(Cl)c1. The molecule has 1 fully saturated rings. The van der Waals surface area contributed by atoms with Crippen LogP contribution in [0.25, 0.3) is 0 Å². The maximum Gasteiger partial charge on any atom is 0.129 e. The first-order valence-electron chi connectivity index (χ1n) is 9.07. The van der Waals surface area contributed by atoms with E-state index in [1.54, 1.807) is 6.20 Å². The lowest BCUT2D eigenvalue weighted by Crippen LogP contribution is -2.48. The molecule has 2 aromatic rings. The van der Waals surface area contributed by atoms with E-state index < -0.39 is 5.60 Å². The molecule has 4 heteroatoms. The zero-order valence-corrected chi connectivity index (χ0v) is 15.8. The summed E-state index contributed by atoms with van der Waals surface area (Å²) in [5.41, 5.74) is 1.35. The van der Waals surface area contributed by atoms with Crippen LogP contribution in [-0.4, -0.2) is 28.6 Å². The number of aromatic nitrogens is 1. The van der Waals surface area contributed by atoms with Crippen LogP contribution < -0.4 is 0 Å². The number of pyridine rings is 1. The Morgan fingerprint density at radius 3 is 2.72 bits per heavy atom. The fourth-order valence-electron chi connectivity index (χ4n) is 4.25. The quantitative estimate of drug-likeness (QED) is 0.800. The molecule has 1 aliphatic carbocycles. The summed E-state index contributed by atoms with van der Waals surface area (Å²) in [6.45, 7) is 3.90. The number of aliphatic hydroxyl groups is 1. The Balaban J connectivity index is 1.80. The van der Waals surface area contributed by atoms with Gasteiger partial charge >= 0.3 is 0 Å². The fourth-order valence-corrected chi connectivity index (χ4v) is 4.42. The van der Waals surface area contributed by atoms with Gasteiger partial charge < -0.3 is 10.0 Å². The van der Waals surface area contributed by atoms with Crippen molar-refractivity contribution in [1.29, 1.82) is 0 Å². The van der Waals surface area contributed by atoms with Crippen LogP contribution in [0.5, 0.6) is 0 Å². The maximum absolute atomic E-state index is 11.7. The van der Waals surface area contributed by atoms with Gasteiger partial charge in [-0.05, 0) is 49.1 Å². The third-order valence-electron chi connectivity index (χ3n) is 5.58. The number of halogens is 1. The fraction of sp³-hybridized carbons (Fsp3) is 0.476. The highest BCUT2D eigenvalue weighted by Gasteiger charge is 2.45. The van der Waals surface area contributed by atoms with Crippen molar-refractivity contribution in [3.05, 3.63) is 64.9 Å². The van der Waals surface area contributed by atoms with Gasteiger partial charge in [-0.2, -0.15) is 0 Å². The summed E-state index contributed by atoms with van der Waals surface area (Å²) in [6.07, 6.45) is 4.92. The molecule has 0 radical (unpaired) electrons. The highest BCUT2D eigenvalue weighted by Crippen LogP contribution is 2.46. The molecule has 0 bridgehead atoms. The van der Waals surface area contributed by atoms with Crippen molar-refractivity contribution in [2.45, 2.75) is 38.3 Å². The molecule has 0 aliphatic heterocycles. The van der Waals surface area contributed by atoms with Gasteiger partial charge in [0.25, 0.3) is 0 Å². The Morgan fingerprint density at radius 1 is 1.24 bits per heavy atom. The summed E-state index contributed by atoms with van der Waals surface area (Å²) < 4.78 is 0. The number of hydrogen-bond donors (Lipinski definition) is 1. The highest BCUT2D eigenvalue weighted by molar-refractivity contribution is 6.29. The lowest BCUT2D eigenvalue weighted by Gasteiger charge is -2.46. The van der Waals surface area contributed by atoms with Gasteiger partial charge in [-0.25, -0.2) is 4.98 Å². The first kappa shape index (κ1) is 18.4. The van der Waals surface area contributed by atoms with Gasteiger partial charge in [-0.15, -0.1) is 0 Å². The smallest absolute Gasteiger partial charge is 0.129 e. The van der Waals surface area contributed by atoms with Crippen LogP contribution in [0, 0.1) is 11.8 Å². The van der Waals surface area contributed by atoms with E-state index in [0.29, 0.717) is 5.15 Å². The molecule has 1 aromatic heterocycles. The lowest BCUT2D eigenvalue weighted by atomic mass is 9.65. The van der Waals surface area contributed by atoms with E-state index in [4.69, 9.17) is 11.6 Å². The minimum atomic E-state index is -0.851. The van der Waals surface area contributed by atoms with Crippen LogP contribution in [0.3, 0.4) is 0 Å². The van der Waals surface area contributed by atoms with E-state index in [1.807, 2.05) is 18.2 Å². The van der Waals surface area contributed by atoms with Crippen LogP contribution in [0.1, 0.15) is 37.3 Å². The normalized spacial score (nSPS) is 26.8. The number of rotatable bonds is 5. The third kappa shape index (κ3) is 4.05. The van der Waals surface area contributed by atoms with Crippen molar-refractivity contribution < 1.29 is 5.11 Å². The first-order valence-corrected chi connectivity index (χ1v) is 9.45. The summed E-state index contributed by atoms with van der Waals surface area (Å²) in [6, 6.07) is 14.2. The van der Waals surface area contributed by atoms with Gasteiger partial charge in [0.2, 0.25) is 0 Å². The number of nitrogens with zero attached hydrogens (tertiary/aromatic N) is 2. The van der Waals surface area contributed by atoms with E-state index >= 15 is 0 Å². The molecule has 1 saturated carbocycles. The summed E-state index contributed by atoms with van der Waals surface area (Å²) in [5.74, 6) is 0.387. The van der Waals surface area contributed by atoms with E-state index in [-0.39, 0.29) is 11.8 Å². The maximum atomic E-state index is 11.7. The van der Waals surface area contributed by atoms with Crippen molar-refractivity contribution in [3.63, 3.8) is 0 Å². The van der Waals surface area contributed by atoms with E-state index in [2.05, 4.69) is 48.1 Å². The van der Waals surface area contributed by atoms with Crippen molar-refractivity contribution in [3.8, 4) is 0 Å². The van der Waals surface area contributed by atoms with Crippen LogP contribution >= 0.6 is 11.6 Å². The second-order valence-electron chi connectivity index (χ2n) is 7.40. The average molecular weight is 359 g/mol. The van der Waals surface area contributed by atoms with Gasteiger partial charge in [0.1, 0.15) is 5.15 Å². The molecule has 1 heterocycles. The van der Waals surface area contributed by atoms with Gasteiger partial charge in [-0.3, -0.25) is 0 Å². The topological polar surface area (TPSA) is 36.4 Å². The molecular formula is C21H27ClN2O. The second-order valence-corrected chi connectivity index (χ2v) is 7.79. The third-order valence-corrected chi connectivity index (χ3v) is 5.79. The standard InChI is InChI=1S/C21H27ClN2O/c1-16-7-6-10-19(15-24(2)14-17-8-4-3-5-9-17)21(16,25)18-11-12-23-20(22)13-18/h3-5,8-9,11-13,16,19,25H,6-7,10,14-15H2,1-2H3. The molecule has 1 aliphatic rings. The number of benzene rings is 1. The molecule has 0 amide bonds. The highest BCUT2D eigenvalue weighted by atomic mass is 35.5. The molecule has 3 nitrogen and oxygen atoms in total. The van der Waals surface area contributed by atoms with Gasteiger partial charge in [-0.1, -0.05) is 55.3 Å². The Morgan fingerprint density at radius 2 is 2.00 bits per heavy atom. The van der Waals surface area contributed by atoms with E-state index in [1.165, 1.54) is 5.56 Å². The minimum Gasteiger partial charge on any atom is -0.385 e. The summed E-state index contributed by atoms with van der Waals surface area (Å²) >= 11 is 6.10. The minimum absolute atomic E-state index is 0.184. The second kappa shape index (κ2) is 7.86. The molecule has 134 valence electrons. The molecule has 3 unspecified atom stereocenters. The van der Waals surface area contributed by atoms with Crippen molar-refractivity contribution in [2.24, 2.45) is 11.8 Å². The lowest BCUT2D eigenvalue weighted by molar-refractivity contribution is -0.103. The Hall–Kier alpha value is -1.42. The summed E-state index contributed by atoms with van der Waals surface area (Å²) in [4.78, 5) is 6.39. The van der Waals surface area contributed by atoms with Crippen molar-refractivity contribution in [1.82, 2.24) is 9.88 Å². The zero-order valence-electron chi connectivity index (χ0n) is 15.0. The van der Waals surface area contributed by atoms with E-state index in [9.17, 15) is 5.11 Å². The first-order chi connectivity index (χ1) is 12.0. The Bertz CT molecular complexity index is 693. The monoisotopic (exact) mass is 358 g/mol. The molecule has 25 heavy (non-hydrogen) atoms. The average Bonchev–Trinajstić information content (AvgIpc) is 2.60.